The quantitative estimate of drug-likeness (QED) is 0.476. The lowest BCUT2D eigenvalue weighted by atomic mass is 9.92. The molecular formula is C10H16O3. The second-order valence-corrected chi connectivity index (χ2v) is 3.16. The van der Waals surface area contributed by atoms with Crippen molar-refractivity contribution in [1.29, 1.82) is 0 Å². The van der Waals surface area contributed by atoms with Crippen LogP contribution in [0.1, 0.15) is 26.2 Å². The van der Waals surface area contributed by atoms with Crippen LogP contribution in [0, 0.1) is 5.92 Å². The summed E-state index contributed by atoms with van der Waals surface area (Å²) in [4.78, 5) is 21.0. The first-order valence-electron chi connectivity index (χ1n) is 4.33. The van der Waals surface area contributed by atoms with Crippen LogP contribution in [-0.4, -0.2) is 23.8 Å². The summed E-state index contributed by atoms with van der Waals surface area (Å²) in [6.45, 7) is 5.05. The SMILES string of the molecule is C=C(CO)C(CC=O)CCC(C)=O. The van der Waals surface area contributed by atoms with Gasteiger partial charge in [-0.1, -0.05) is 6.58 Å². The van der Waals surface area contributed by atoms with Gasteiger partial charge in [0, 0.05) is 12.8 Å². The number of aldehydes is 1. The maximum absolute atomic E-state index is 10.7. The van der Waals surface area contributed by atoms with Gasteiger partial charge in [0.25, 0.3) is 0 Å². The number of rotatable bonds is 7. The van der Waals surface area contributed by atoms with E-state index < -0.39 is 0 Å². The third-order valence-electron chi connectivity index (χ3n) is 2.01. The fraction of sp³-hybridized carbons (Fsp3) is 0.600. The van der Waals surface area contributed by atoms with Gasteiger partial charge in [0.2, 0.25) is 0 Å². The Labute approximate surface area is 78.5 Å². The molecule has 0 aromatic heterocycles. The van der Waals surface area contributed by atoms with Crippen LogP contribution in [0.3, 0.4) is 0 Å². The molecule has 1 atom stereocenters. The van der Waals surface area contributed by atoms with Crippen LogP contribution < -0.4 is 0 Å². The molecule has 0 saturated carbocycles. The van der Waals surface area contributed by atoms with Crippen LogP contribution in [0.25, 0.3) is 0 Å². The Morgan fingerprint density at radius 2 is 2.23 bits per heavy atom. The van der Waals surface area contributed by atoms with E-state index >= 15 is 0 Å². The number of hydrogen-bond donors (Lipinski definition) is 1. The first kappa shape index (κ1) is 12.0. The van der Waals surface area contributed by atoms with Crippen molar-refractivity contribution in [2.75, 3.05) is 6.61 Å². The number of hydrogen-bond acceptors (Lipinski definition) is 3. The lowest BCUT2D eigenvalue weighted by molar-refractivity contribution is -0.117. The molecule has 0 fully saturated rings. The smallest absolute Gasteiger partial charge is 0.129 e. The minimum absolute atomic E-state index is 0.0496. The van der Waals surface area contributed by atoms with Crippen molar-refractivity contribution >= 4 is 12.1 Å². The third-order valence-corrected chi connectivity index (χ3v) is 2.01. The fourth-order valence-corrected chi connectivity index (χ4v) is 1.11. The zero-order chi connectivity index (χ0) is 10.3. The molecule has 0 radical (unpaired) electrons. The van der Waals surface area contributed by atoms with Crippen molar-refractivity contribution in [3.63, 3.8) is 0 Å². The number of aliphatic hydroxyl groups excluding tert-OH is 1. The van der Waals surface area contributed by atoms with Gasteiger partial charge >= 0.3 is 0 Å². The summed E-state index contributed by atoms with van der Waals surface area (Å²) in [6, 6.07) is 0. The summed E-state index contributed by atoms with van der Waals surface area (Å²) >= 11 is 0. The van der Waals surface area contributed by atoms with E-state index in [0.717, 1.165) is 6.29 Å². The highest BCUT2D eigenvalue weighted by molar-refractivity contribution is 5.75. The molecule has 0 aliphatic rings. The first-order chi connectivity index (χ1) is 6.11. The number of ketones is 1. The van der Waals surface area contributed by atoms with E-state index in [1.54, 1.807) is 0 Å². The highest BCUT2D eigenvalue weighted by Gasteiger charge is 2.12. The Kier molecular flexibility index (Phi) is 6.06. The van der Waals surface area contributed by atoms with E-state index in [2.05, 4.69) is 6.58 Å². The van der Waals surface area contributed by atoms with Crippen LogP contribution in [0.15, 0.2) is 12.2 Å². The maximum atomic E-state index is 10.7. The molecular weight excluding hydrogens is 168 g/mol. The Hall–Kier alpha value is -0.960. The molecule has 0 bridgehead atoms. The van der Waals surface area contributed by atoms with Crippen LogP contribution in [-0.2, 0) is 9.59 Å². The summed E-state index contributed by atoms with van der Waals surface area (Å²) in [7, 11) is 0. The second kappa shape index (κ2) is 6.54. The van der Waals surface area contributed by atoms with Crippen molar-refractivity contribution in [3.8, 4) is 0 Å². The lowest BCUT2D eigenvalue weighted by Crippen LogP contribution is -2.09. The third kappa shape index (κ3) is 5.31. The Bertz CT molecular complexity index is 196. The first-order valence-corrected chi connectivity index (χ1v) is 4.33. The Balaban J connectivity index is 4.00. The summed E-state index contributed by atoms with van der Waals surface area (Å²) in [5, 5.41) is 8.80. The van der Waals surface area contributed by atoms with Crippen molar-refractivity contribution in [1.82, 2.24) is 0 Å². The number of carbonyl (C=O) groups is 2. The average molecular weight is 184 g/mol. The largest absolute Gasteiger partial charge is 0.392 e. The van der Waals surface area contributed by atoms with Crippen LogP contribution in [0.5, 0.6) is 0 Å². The molecule has 3 heteroatoms. The van der Waals surface area contributed by atoms with Crippen LogP contribution in [0.2, 0.25) is 0 Å². The topological polar surface area (TPSA) is 54.4 Å². The molecule has 0 saturated heterocycles. The molecule has 0 amide bonds. The van der Waals surface area contributed by atoms with Gasteiger partial charge in [-0.05, 0) is 24.8 Å². The van der Waals surface area contributed by atoms with Crippen molar-refractivity contribution < 1.29 is 14.7 Å². The molecule has 3 nitrogen and oxygen atoms in total. The van der Waals surface area contributed by atoms with E-state index in [9.17, 15) is 9.59 Å². The predicted molar refractivity (Wildman–Crippen MR) is 50.3 cm³/mol. The Morgan fingerprint density at radius 1 is 1.62 bits per heavy atom. The van der Waals surface area contributed by atoms with E-state index in [0.29, 0.717) is 24.8 Å². The second-order valence-electron chi connectivity index (χ2n) is 3.16. The van der Waals surface area contributed by atoms with E-state index in [-0.39, 0.29) is 18.3 Å². The summed E-state index contributed by atoms with van der Waals surface area (Å²) in [5.41, 5.74) is 0.633. The molecule has 13 heavy (non-hydrogen) atoms. The molecule has 74 valence electrons. The van der Waals surface area contributed by atoms with E-state index in [4.69, 9.17) is 5.11 Å². The average Bonchev–Trinajstić information content (AvgIpc) is 2.10. The molecule has 0 spiro atoms. The molecule has 0 heterocycles. The highest BCUT2D eigenvalue weighted by Crippen LogP contribution is 2.18. The minimum atomic E-state index is -0.115. The minimum Gasteiger partial charge on any atom is -0.392 e. The molecule has 0 aliphatic carbocycles. The van der Waals surface area contributed by atoms with Gasteiger partial charge in [0.15, 0.2) is 0 Å². The monoisotopic (exact) mass is 184 g/mol. The van der Waals surface area contributed by atoms with Crippen molar-refractivity contribution in [3.05, 3.63) is 12.2 Å². The van der Waals surface area contributed by atoms with Crippen LogP contribution >= 0.6 is 0 Å². The van der Waals surface area contributed by atoms with E-state index in [1.165, 1.54) is 6.92 Å². The normalized spacial score (nSPS) is 12.2. The fourth-order valence-electron chi connectivity index (χ4n) is 1.11. The molecule has 1 N–H and O–H groups in total. The number of aliphatic hydroxyl groups is 1. The van der Waals surface area contributed by atoms with Crippen LogP contribution in [0.4, 0.5) is 0 Å². The zero-order valence-electron chi connectivity index (χ0n) is 7.95. The molecule has 0 aromatic rings. The van der Waals surface area contributed by atoms with Gasteiger partial charge in [0.1, 0.15) is 12.1 Å². The van der Waals surface area contributed by atoms with Gasteiger partial charge in [-0.2, -0.15) is 0 Å². The van der Waals surface area contributed by atoms with Crippen molar-refractivity contribution in [2.24, 2.45) is 5.92 Å². The van der Waals surface area contributed by atoms with Crippen molar-refractivity contribution in [2.45, 2.75) is 26.2 Å². The number of carbonyl (C=O) groups excluding carboxylic acids is 2. The standard InChI is InChI=1S/C10H16O3/c1-8(7-12)10(5-6-11)4-3-9(2)13/h6,10,12H,1,3-5,7H2,2H3. The summed E-state index contributed by atoms with van der Waals surface area (Å²) < 4.78 is 0. The molecule has 0 aliphatic heterocycles. The molecule has 0 aromatic carbocycles. The maximum Gasteiger partial charge on any atom is 0.129 e. The van der Waals surface area contributed by atoms with Gasteiger partial charge in [-0.25, -0.2) is 0 Å². The Morgan fingerprint density at radius 3 is 2.62 bits per heavy atom. The molecule has 0 rings (SSSR count). The van der Waals surface area contributed by atoms with E-state index in [1.807, 2.05) is 0 Å². The summed E-state index contributed by atoms with van der Waals surface area (Å²) in [6.07, 6.45) is 2.18. The molecule has 1 unspecified atom stereocenters. The zero-order valence-corrected chi connectivity index (χ0v) is 7.95. The van der Waals surface area contributed by atoms with Gasteiger partial charge in [0.05, 0.1) is 6.61 Å². The summed E-state index contributed by atoms with van der Waals surface area (Å²) in [5.74, 6) is 0.0491. The highest BCUT2D eigenvalue weighted by atomic mass is 16.3. The number of Topliss-reactive ketones (excluding diaryl/α,β-unsaturated/α-hetero) is 1. The predicted octanol–water partition coefficient (Wildman–Crippen LogP) is 1.11. The lowest BCUT2D eigenvalue weighted by Gasteiger charge is -2.14. The van der Waals surface area contributed by atoms with Gasteiger partial charge in [-0.15, -0.1) is 0 Å². The van der Waals surface area contributed by atoms with Gasteiger partial charge < -0.3 is 14.7 Å². The van der Waals surface area contributed by atoms with Gasteiger partial charge in [-0.3, -0.25) is 0 Å².